The van der Waals surface area contributed by atoms with Gasteiger partial charge in [0.05, 0.1) is 17.5 Å². The maximum atomic E-state index is 13.4. The Morgan fingerprint density at radius 1 is 1.58 bits per heavy atom. The summed E-state index contributed by atoms with van der Waals surface area (Å²) in [6, 6.07) is -3.76. The molecule has 1 aromatic rings. The van der Waals surface area contributed by atoms with Crippen LogP contribution in [0.3, 0.4) is 0 Å². The van der Waals surface area contributed by atoms with Crippen molar-refractivity contribution in [2.24, 2.45) is 0 Å². The molecule has 0 spiro atoms. The summed E-state index contributed by atoms with van der Waals surface area (Å²) in [7, 11) is 0. The fraction of sp³-hybridized carbons (Fsp3) is 0.562. The molecule has 1 fully saturated rings. The molecule has 0 amide bonds. The number of nitrogens with zero attached hydrogens (tertiary/aromatic N) is 1. The Morgan fingerprint density at radius 3 is 2.95 bits per heavy atom. The minimum atomic E-state index is -3.98. The molecule has 19 heavy (non-hydrogen) atoms. The maximum absolute atomic E-state index is 13.4. The average Bonchev–Trinajstić information content (AvgIpc) is 2.65. The molecule has 0 atom stereocenters. The molecule has 1 aromatic carbocycles. The molecule has 3 heteroatoms. The largest absolute Gasteiger partial charge is 0.465 e. The van der Waals surface area contributed by atoms with Crippen molar-refractivity contribution >= 4 is 5.97 Å². The SMILES string of the molecule is [2H]c1c([2H])c(C)c([2H])c(C2(C(=O)OCC)C([2H])([2H])C([2H])([2H])N(C([2H])([2H])[2H])C([2H])([2H])C2([2H])[2H])c1[2H]. The number of ether oxygens (including phenoxy) is 1. The van der Waals surface area contributed by atoms with E-state index in [9.17, 15) is 4.79 Å². The zero-order valence-corrected chi connectivity index (χ0v) is 10.5. The van der Waals surface area contributed by atoms with Gasteiger partial charge in [-0.1, -0.05) is 29.7 Å². The lowest BCUT2D eigenvalue weighted by Crippen LogP contribution is -2.47. The smallest absolute Gasteiger partial charge is 0.316 e. The van der Waals surface area contributed by atoms with E-state index in [1.54, 1.807) is 0 Å². The zero-order valence-electron chi connectivity index (χ0n) is 25.5. The first kappa shape index (κ1) is 4.32. The van der Waals surface area contributed by atoms with Gasteiger partial charge in [0.25, 0.3) is 0 Å². The van der Waals surface area contributed by atoms with Crippen LogP contribution >= 0.6 is 0 Å². The molecule has 0 saturated carbocycles. The summed E-state index contributed by atoms with van der Waals surface area (Å²) >= 11 is 0. The number of hydrogen-bond acceptors (Lipinski definition) is 3. The number of esters is 1. The Labute approximate surface area is 136 Å². The van der Waals surface area contributed by atoms with Crippen LogP contribution in [0.15, 0.2) is 24.2 Å². The van der Waals surface area contributed by atoms with Crippen LogP contribution in [0.1, 0.15) is 51.4 Å². The lowest BCUT2D eigenvalue weighted by Gasteiger charge is -2.39. The van der Waals surface area contributed by atoms with Crippen molar-refractivity contribution in [1.29, 1.82) is 0 Å². The van der Waals surface area contributed by atoms with Crippen molar-refractivity contribution in [2.75, 3.05) is 26.6 Å². The predicted octanol–water partition coefficient (Wildman–Crippen LogP) is 2.52. The maximum Gasteiger partial charge on any atom is 0.316 e. The minimum Gasteiger partial charge on any atom is -0.465 e. The van der Waals surface area contributed by atoms with Gasteiger partial charge in [0.1, 0.15) is 0 Å². The summed E-state index contributed by atoms with van der Waals surface area (Å²) in [4.78, 5) is 12.8. The lowest BCUT2D eigenvalue weighted by molar-refractivity contribution is -0.152. The molecule has 0 radical (unpaired) electrons. The summed E-state index contributed by atoms with van der Waals surface area (Å²) in [6.07, 6.45) is -7.96. The molecule has 1 aliphatic heterocycles. The lowest BCUT2D eigenvalue weighted by atomic mass is 9.72. The summed E-state index contributed by atoms with van der Waals surface area (Å²) < 4.78 is 128. The number of carbonyl (C=O) groups excluding carboxylic acids is 1. The van der Waals surface area contributed by atoms with Crippen LogP contribution in [0.4, 0.5) is 0 Å². The third kappa shape index (κ3) is 2.81. The van der Waals surface area contributed by atoms with Crippen LogP contribution in [-0.4, -0.2) is 37.4 Å². The van der Waals surface area contributed by atoms with Gasteiger partial charge in [0.15, 0.2) is 0 Å². The molecular weight excluding hydrogens is 238 g/mol. The zero-order chi connectivity index (χ0) is 27.0. The predicted molar refractivity (Wildman–Crippen MR) is 76.2 cm³/mol. The number of piperidine rings is 1. The number of carbonyl (C=O) groups is 1. The molecule has 1 heterocycles. The number of benzene rings is 1. The van der Waals surface area contributed by atoms with E-state index >= 15 is 0 Å². The summed E-state index contributed by atoms with van der Waals surface area (Å²) in [5.74, 6) is -1.89. The van der Waals surface area contributed by atoms with Crippen LogP contribution in [0, 0.1) is 6.92 Å². The average molecular weight is 276 g/mol. The number of hydrogen-bond donors (Lipinski definition) is 0. The van der Waals surface area contributed by atoms with Crippen LogP contribution in [0.5, 0.6) is 0 Å². The molecule has 2 rings (SSSR count). The molecule has 104 valence electrons. The first-order chi connectivity index (χ1) is 15.0. The third-order valence-electron chi connectivity index (χ3n) is 2.42. The van der Waals surface area contributed by atoms with Gasteiger partial charge in [-0.2, -0.15) is 0 Å². The van der Waals surface area contributed by atoms with Gasteiger partial charge in [-0.25, -0.2) is 0 Å². The van der Waals surface area contributed by atoms with E-state index < -0.39 is 85.3 Å². The summed E-state index contributed by atoms with van der Waals surface area (Å²) in [5, 5.41) is 0. The van der Waals surface area contributed by atoms with E-state index in [1.807, 2.05) is 0 Å². The van der Waals surface area contributed by atoms with Crippen LogP contribution in [0.25, 0.3) is 0 Å². The van der Waals surface area contributed by atoms with Crippen molar-refractivity contribution in [2.45, 2.75) is 32.0 Å². The first-order valence-electron chi connectivity index (χ1n) is 13.1. The van der Waals surface area contributed by atoms with Gasteiger partial charge < -0.3 is 9.64 Å². The van der Waals surface area contributed by atoms with Crippen LogP contribution in [-0.2, 0) is 14.9 Å². The number of rotatable bonds is 3. The van der Waals surface area contributed by atoms with Crippen LogP contribution < -0.4 is 0 Å². The standard InChI is InChI=1S/C16H23NO2/c1-4-19-15(18)16(8-10-17(3)11-9-16)14-7-5-6-13(2)12-14/h5-7,12H,4,8-11H2,1-3H3/i3D3,5D,6D,7D,8D2,9D2,10D2,11D2,12D. The Bertz CT molecular complexity index is 960. The van der Waals surface area contributed by atoms with Crippen molar-refractivity contribution in [1.82, 2.24) is 4.90 Å². The van der Waals surface area contributed by atoms with Gasteiger partial charge in [-0.15, -0.1) is 0 Å². The molecule has 1 saturated heterocycles. The van der Waals surface area contributed by atoms with Gasteiger partial charge in [-0.05, 0) is 52.1 Å². The van der Waals surface area contributed by atoms with Gasteiger partial charge >= 0.3 is 5.97 Å². The van der Waals surface area contributed by atoms with E-state index in [1.165, 1.54) is 6.92 Å². The highest BCUT2D eigenvalue weighted by atomic mass is 16.5. The Kier molecular flexibility index (Phi) is 1.31. The molecule has 0 bridgehead atoms. The van der Waals surface area contributed by atoms with E-state index in [0.29, 0.717) is 0 Å². The molecule has 0 aliphatic carbocycles. The Hall–Kier alpha value is -1.35. The highest BCUT2D eigenvalue weighted by Gasteiger charge is 2.43. The van der Waals surface area contributed by atoms with Crippen molar-refractivity contribution in [3.05, 3.63) is 35.3 Å². The van der Waals surface area contributed by atoms with E-state index in [4.69, 9.17) is 25.3 Å². The van der Waals surface area contributed by atoms with Crippen molar-refractivity contribution < 1.29 is 30.1 Å². The molecule has 0 aromatic heterocycles. The van der Waals surface area contributed by atoms with E-state index in [-0.39, 0.29) is 5.56 Å². The Balaban J connectivity index is 3.32. The first-order valence-corrected chi connectivity index (χ1v) is 5.57. The molecular formula is C16H23NO2. The molecule has 0 N–H and O–H groups in total. The highest BCUT2D eigenvalue weighted by molar-refractivity contribution is 5.83. The molecule has 0 unspecified atom stereocenters. The normalized spacial score (nSPS) is 41.9. The Morgan fingerprint density at radius 2 is 2.32 bits per heavy atom. The van der Waals surface area contributed by atoms with Gasteiger partial charge in [-0.3, -0.25) is 4.79 Å². The second kappa shape index (κ2) is 5.74. The molecule has 3 nitrogen and oxygen atoms in total. The van der Waals surface area contributed by atoms with E-state index in [2.05, 4.69) is 0 Å². The van der Waals surface area contributed by atoms with E-state index in [0.717, 1.165) is 6.92 Å². The second-order valence-corrected chi connectivity index (χ2v) is 3.78. The quantitative estimate of drug-likeness (QED) is 0.795. The minimum absolute atomic E-state index is 0.384. The fourth-order valence-corrected chi connectivity index (χ4v) is 1.53. The monoisotopic (exact) mass is 276 g/mol. The van der Waals surface area contributed by atoms with Gasteiger partial charge in [0, 0.05) is 15.1 Å². The summed E-state index contributed by atoms with van der Waals surface area (Å²) in [6.45, 7) is -9.77. The summed E-state index contributed by atoms with van der Waals surface area (Å²) in [5.41, 5.74) is -5.37. The fourth-order valence-electron chi connectivity index (χ4n) is 1.53. The van der Waals surface area contributed by atoms with Gasteiger partial charge in [0.2, 0.25) is 0 Å². The molecule has 1 aliphatic rings. The number of likely N-dealkylation sites (tertiary alicyclic amines) is 1. The second-order valence-electron chi connectivity index (χ2n) is 3.78. The topological polar surface area (TPSA) is 29.5 Å². The van der Waals surface area contributed by atoms with Crippen LogP contribution in [0.2, 0.25) is 0 Å². The third-order valence-corrected chi connectivity index (χ3v) is 2.42. The highest BCUT2D eigenvalue weighted by Crippen LogP contribution is 2.37. The van der Waals surface area contributed by atoms with Crippen molar-refractivity contribution in [3.63, 3.8) is 0 Å². The van der Waals surface area contributed by atoms with Crippen molar-refractivity contribution in [3.8, 4) is 0 Å².